The Morgan fingerprint density at radius 1 is 1.12 bits per heavy atom. The highest BCUT2D eigenvalue weighted by Crippen LogP contribution is 2.40. The number of nitrogens with two attached hydrogens (primary N) is 1. The second-order valence-electron chi connectivity index (χ2n) is 10.3. The number of hydrogen-bond donors (Lipinski definition) is 3. The van der Waals surface area contributed by atoms with Crippen LogP contribution in [0.2, 0.25) is 0 Å². The van der Waals surface area contributed by atoms with Gasteiger partial charge in [0.2, 0.25) is 0 Å². The number of aromatic nitrogens is 3. The van der Waals surface area contributed by atoms with E-state index in [1.165, 1.54) is 36.4 Å². The van der Waals surface area contributed by atoms with Crippen molar-refractivity contribution in [2.45, 2.75) is 45.1 Å². The summed E-state index contributed by atoms with van der Waals surface area (Å²) in [6, 6.07) is 9.93. The first-order valence-corrected chi connectivity index (χ1v) is 14.9. The molecule has 5 rings (SSSR count). The average molecular weight is 601 g/mol. The van der Waals surface area contributed by atoms with Gasteiger partial charge in [0.05, 0.1) is 16.6 Å². The lowest BCUT2D eigenvalue weighted by Crippen LogP contribution is -2.22. The van der Waals surface area contributed by atoms with Crippen LogP contribution in [0, 0.1) is 5.82 Å². The fraction of sp³-hybridized carbons (Fsp3) is 0.310. The van der Waals surface area contributed by atoms with Gasteiger partial charge in [-0.3, -0.25) is 9.40 Å². The molecule has 2 aromatic carbocycles. The number of benzene rings is 2. The van der Waals surface area contributed by atoms with Gasteiger partial charge in [0.1, 0.15) is 29.2 Å². The van der Waals surface area contributed by atoms with E-state index in [4.69, 9.17) is 15.6 Å². The average Bonchev–Trinajstić information content (AvgIpc) is 3.37. The van der Waals surface area contributed by atoms with Crippen molar-refractivity contribution in [2.75, 3.05) is 23.5 Å². The van der Waals surface area contributed by atoms with Crippen LogP contribution in [0.4, 0.5) is 24.7 Å². The Kier molecular flexibility index (Phi) is 8.15. The molecule has 0 aliphatic carbocycles. The fourth-order valence-corrected chi connectivity index (χ4v) is 5.46. The minimum Gasteiger partial charge on any atom is -0.484 e. The summed E-state index contributed by atoms with van der Waals surface area (Å²) in [6.45, 7) is 7.20. The number of pyridine rings is 1. The Morgan fingerprint density at radius 2 is 1.86 bits per heavy atom. The summed E-state index contributed by atoms with van der Waals surface area (Å²) < 4.78 is 74.0. The van der Waals surface area contributed by atoms with Crippen molar-refractivity contribution in [3.8, 4) is 17.0 Å². The molecule has 0 unspecified atom stereocenters. The van der Waals surface area contributed by atoms with Gasteiger partial charge in [-0.25, -0.2) is 17.8 Å². The number of nitrogens with one attached hydrogen (secondary N) is 2. The minimum absolute atomic E-state index is 0.0253. The molecule has 1 aliphatic rings. The molecular weight excluding hydrogens is 569 g/mol. The summed E-state index contributed by atoms with van der Waals surface area (Å²) in [4.78, 5) is 4.46. The smallest absolute Gasteiger partial charge is 0.355 e. The minimum atomic E-state index is -5.00. The quantitative estimate of drug-likeness (QED) is 0.219. The van der Waals surface area contributed by atoms with E-state index in [1.54, 1.807) is 19.2 Å². The summed E-state index contributed by atoms with van der Waals surface area (Å²) in [5.74, 6) is -3.86. The second-order valence-corrected chi connectivity index (χ2v) is 11.9. The molecule has 13 heteroatoms. The molecule has 3 heterocycles. The van der Waals surface area contributed by atoms with Gasteiger partial charge in [0, 0.05) is 29.9 Å². The van der Waals surface area contributed by atoms with E-state index in [9.17, 15) is 21.6 Å². The first-order chi connectivity index (χ1) is 20.0. The molecule has 0 saturated heterocycles. The highest BCUT2D eigenvalue weighted by atomic mass is 32.2. The van der Waals surface area contributed by atoms with Crippen LogP contribution in [0.15, 0.2) is 54.7 Å². The molecule has 0 spiro atoms. The van der Waals surface area contributed by atoms with Crippen LogP contribution in [-0.2, 0) is 10.0 Å². The van der Waals surface area contributed by atoms with Crippen LogP contribution in [0.5, 0.6) is 5.75 Å². The maximum absolute atomic E-state index is 13.5. The maximum atomic E-state index is 13.5. The first-order valence-electron chi connectivity index (χ1n) is 13.4. The molecule has 0 radical (unpaired) electrons. The zero-order chi connectivity index (χ0) is 30.2. The summed E-state index contributed by atoms with van der Waals surface area (Å²) in [5, 5.41) is 8.86. The number of nitrogen functional groups attached to an aromatic ring is 1. The van der Waals surface area contributed by atoms with E-state index in [-0.39, 0.29) is 23.3 Å². The van der Waals surface area contributed by atoms with E-state index < -0.39 is 27.7 Å². The van der Waals surface area contributed by atoms with Gasteiger partial charge in [0.25, 0.3) is 10.0 Å². The van der Waals surface area contributed by atoms with Crippen LogP contribution in [-0.4, -0.2) is 42.0 Å². The van der Waals surface area contributed by atoms with Gasteiger partial charge >= 0.3 is 5.76 Å². The van der Waals surface area contributed by atoms with Crippen LogP contribution in [0.25, 0.3) is 27.7 Å². The number of sulfonamides is 1. The number of ether oxygens (including phenoxy) is 1. The van der Waals surface area contributed by atoms with E-state index in [1.807, 2.05) is 23.3 Å². The van der Waals surface area contributed by atoms with Crippen LogP contribution < -0.4 is 20.5 Å². The molecule has 1 atom stereocenters. The Hall–Kier alpha value is -4.10. The summed E-state index contributed by atoms with van der Waals surface area (Å²) in [6.07, 6.45) is 4.08. The van der Waals surface area contributed by atoms with E-state index in [0.717, 1.165) is 29.6 Å². The van der Waals surface area contributed by atoms with Crippen molar-refractivity contribution < 1.29 is 26.3 Å². The van der Waals surface area contributed by atoms with Gasteiger partial charge in [-0.2, -0.15) is 13.9 Å². The van der Waals surface area contributed by atoms with Crippen LogP contribution in [0.3, 0.4) is 0 Å². The molecule has 42 heavy (non-hydrogen) atoms. The van der Waals surface area contributed by atoms with Gasteiger partial charge in [-0.15, -0.1) is 0 Å². The van der Waals surface area contributed by atoms with Crippen molar-refractivity contribution in [3.63, 3.8) is 0 Å². The monoisotopic (exact) mass is 600 g/mol. The predicted octanol–water partition coefficient (Wildman–Crippen LogP) is 5.88. The standard InChI is InChI=1S/C29H31F3N6O3S/c1-16(2)38-27-22(20-5-4-12-34-14-20)15-35-28(33)25(27)26(36-38)19-8-11-23(37-42(39,40)29(31)32)24(13-19)41-17(3)18-6-9-21(30)10-7-18/h5-11,13,15-17,29,34,37H,4,12,14H2,1-3H3,(H2,33,35)/t17-/m0/s1. The number of anilines is 2. The first kappa shape index (κ1) is 29.4. The number of halogens is 3. The molecule has 0 fully saturated rings. The second kappa shape index (κ2) is 11.6. The number of hydrogen-bond acceptors (Lipinski definition) is 7. The molecule has 9 nitrogen and oxygen atoms in total. The lowest BCUT2D eigenvalue weighted by molar-refractivity contribution is 0.228. The molecule has 4 N–H and O–H groups in total. The van der Waals surface area contributed by atoms with Crippen LogP contribution >= 0.6 is 0 Å². The van der Waals surface area contributed by atoms with Crippen LogP contribution in [0.1, 0.15) is 50.5 Å². The molecular formula is C29H31F3N6O3S. The fourth-order valence-electron chi connectivity index (χ4n) is 4.90. The Bertz CT molecular complexity index is 1750. The van der Waals surface area contributed by atoms with Crippen molar-refractivity contribution >= 4 is 38.0 Å². The highest BCUT2D eigenvalue weighted by molar-refractivity contribution is 7.93. The molecule has 0 amide bonds. The Labute approximate surface area is 241 Å². The van der Waals surface area contributed by atoms with E-state index in [2.05, 4.69) is 16.4 Å². The zero-order valence-electron chi connectivity index (χ0n) is 23.2. The van der Waals surface area contributed by atoms with Crippen molar-refractivity contribution in [2.24, 2.45) is 0 Å². The van der Waals surface area contributed by atoms with Gasteiger partial charge in [0.15, 0.2) is 0 Å². The summed E-state index contributed by atoms with van der Waals surface area (Å²) in [7, 11) is -5.00. The third-order valence-corrected chi connectivity index (χ3v) is 7.98. The van der Waals surface area contributed by atoms with Crippen molar-refractivity contribution in [1.82, 2.24) is 20.1 Å². The van der Waals surface area contributed by atoms with Gasteiger partial charge < -0.3 is 15.8 Å². The SMILES string of the molecule is CC(C)n1nc(-c2ccc(NS(=O)(=O)C(F)F)c(O[C@@H](C)c3ccc(F)cc3)c2)c2c(N)ncc(C3=CCCNC3)c21. The van der Waals surface area contributed by atoms with Gasteiger partial charge in [-0.05, 0) is 69.1 Å². The number of nitrogens with zero attached hydrogens (tertiary/aromatic N) is 3. The van der Waals surface area contributed by atoms with Crippen molar-refractivity contribution in [3.05, 3.63) is 71.7 Å². The number of alkyl halides is 2. The maximum Gasteiger partial charge on any atom is 0.355 e. The summed E-state index contributed by atoms with van der Waals surface area (Å²) >= 11 is 0. The third kappa shape index (κ3) is 5.79. The third-order valence-electron chi connectivity index (χ3n) is 7.00. The van der Waals surface area contributed by atoms with Gasteiger partial charge in [-0.1, -0.05) is 24.3 Å². The summed E-state index contributed by atoms with van der Waals surface area (Å²) in [5.41, 5.74) is 10.6. The molecule has 0 saturated carbocycles. The Balaban J connectivity index is 1.67. The highest BCUT2D eigenvalue weighted by Gasteiger charge is 2.27. The normalized spacial score (nSPS) is 14.8. The molecule has 222 valence electrons. The largest absolute Gasteiger partial charge is 0.484 e. The van der Waals surface area contributed by atoms with E-state index in [0.29, 0.717) is 28.8 Å². The molecule has 0 bridgehead atoms. The topological polar surface area (TPSA) is 124 Å². The molecule has 2 aromatic heterocycles. The van der Waals surface area contributed by atoms with Crippen molar-refractivity contribution in [1.29, 1.82) is 0 Å². The molecule has 1 aliphatic heterocycles. The molecule has 4 aromatic rings. The lowest BCUT2D eigenvalue weighted by Gasteiger charge is -2.19. The Morgan fingerprint density at radius 3 is 2.50 bits per heavy atom. The number of rotatable bonds is 9. The lowest BCUT2D eigenvalue weighted by atomic mass is 9.99. The zero-order valence-corrected chi connectivity index (χ0v) is 24.1. The predicted molar refractivity (Wildman–Crippen MR) is 157 cm³/mol. The number of fused-ring (bicyclic) bond motifs is 1. The van der Waals surface area contributed by atoms with E-state index >= 15 is 0 Å².